The van der Waals surface area contributed by atoms with Crippen LogP contribution in [-0.2, 0) is 10.8 Å². The van der Waals surface area contributed by atoms with Gasteiger partial charge in [-0.1, -0.05) is 55.8 Å². The van der Waals surface area contributed by atoms with Crippen molar-refractivity contribution in [2.75, 3.05) is 6.61 Å². The van der Waals surface area contributed by atoms with E-state index in [2.05, 4.69) is 81.0 Å². The Morgan fingerprint density at radius 1 is 1.26 bits per heavy atom. The molecule has 19 heavy (non-hydrogen) atoms. The van der Waals surface area contributed by atoms with Crippen LogP contribution in [-0.4, -0.2) is 14.9 Å². The van der Waals surface area contributed by atoms with Gasteiger partial charge in [-0.05, 0) is 48.2 Å². The molecule has 0 N–H and O–H groups in total. The summed E-state index contributed by atoms with van der Waals surface area (Å²) >= 11 is 3.51. The van der Waals surface area contributed by atoms with Gasteiger partial charge in [0.05, 0.1) is 0 Å². The number of hydrogen-bond acceptors (Lipinski definition) is 1. The van der Waals surface area contributed by atoms with Crippen LogP contribution >= 0.6 is 15.9 Å². The summed E-state index contributed by atoms with van der Waals surface area (Å²) in [7, 11) is -1.67. The van der Waals surface area contributed by atoms with Gasteiger partial charge in [-0.25, -0.2) is 0 Å². The Labute approximate surface area is 128 Å². The smallest absolute Gasteiger partial charge is 0.192 e. The summed E-state index contributed by atoms with van der Waals surface area (Å²) < 4.78 is 7.47. The minimum absolute atomic E-state index is 0.296. The number of halogens is 1. The lowest BCUT2D eigenvalue weighted by Crippen LogP contribution is -2.45. The van der Waals surface area contributed by atoms with Crippen molar-refractivity contribution in [3.63, 3.8) is 0 Å². The molecule has 0 aliphatic rings. The summed E-state index contributed by atoms with van der Waals surface area (Å²) in [6.45, 7) is 14.8. The van der Waals surface area contributed by atoms with Gasteiger partial charge in [-0.15, -0.1) is 0 Å². The summed E-state index contributed by atoms with van der Waals surface area (Å²) in [5.74, 6) is 0.653. The van der Waals surface area contributed by atoms with E-state index in [1.54, 1.807) is 0 Å². The van der Waals surface area contributed by atoms with Crippen molar-refractivity contribution >= 4 is 24.2 Å². The lowest BCUT2D eigenvalue weighted by Gasteiger charge is -2.42. The molecule has 0 saturated carbocycles. The number of rotatable bonds is 6. The van der Waals surface area contributed by atoms with Crippen LogP contribution in [0.4, 0.5) is 0 Å². The molecule has 0 radical (unpaired) electrons. The summed E-state index contributed by atoms with van der Waals surface area (Å²) in [6, 6.07) is 8.48. The molecule has 0 spiro atoms. The monoisotopic (exact) mass is 342 g/mol. The molecule has 1 nitrogen and oxygen atoms in total. The van der Waals surface area contributed by atoms with Crippen LogP contribution in [0.1, 0.15) is 33.3 Å². The maximum absolute atomic E-state index is 6.32. The SMILES string of the molecule is CC(C)C(C)(C)[Si](C)(C)OCCc1cccc(Br)c1. The molecule has 3 heteroatoms. The zero-order chi connectivity index (χ0) is 14.7. The molecular formula is C16H27BrOSi. The van der Waals surface area contributed by atoms with E-state index in [0.717, 1.165) is 17.5 Å². The van der Waals surface area contributed by atoms with Gasteiger partial charge in [0.15, 0.2) is 8.32 Å². The van der Waals surface area contributed by atoms with Gasteiger partial charge in [0.25, 0.3) is 0 Å². The van der Waals surface area contributed by atoms with Crippen LogP contribution in [0.15, 0.2) is 28.7 Å². The molecule has 0 heterocycles. The molecule has 0 unspecified atom stereocenters. The van der Waals surface area contributed by atoms with Crippen molar-refractivity contribution in [1.29, 1.82) is 0 Å². The molecule has 0 aromatic heterocycles. The molecule has 0 fully saturated rings. The highest BCUT2D eigenvalue weighted by molar-refractivity contribution is 9.10. The molecule has 0 saturated heterocycles. The Morgan fingerprint density at radius 2 is 1.89 bits per heavy atom. The van der Waals surface area contributed by atoms with Gasteiger partial charge in [0.1, 0.15) is 0 Å². The third-order valence-electron chi connectivity index (χ3n) is 4.74. The van der Waals surface area contributed by atoms with Crippen LogP contribution in [0.5, 0.6) is 0 Å². The highest BCUT2D eigenvalue weighted by atomic mass is 79.9. The van der Waals surface area contributed by atoms with E-state index in [0.29, 0.717) is 11.0 Å². The van der Waals surface area contributed by atoms with Crippen LogP contribution < -0.4 is 0 Å². The van der Waals surface area contributed by atoms with Crippen molar-refractivity contribution < 1.29 is 4.43 Å². The third-order valence-corrected chi connectivity index (χ3v) is 9.84. The molecule has 1 aromatic rings. The Bertz CT molecular complexity index is 413. The zero-order valence-corrected chi connectivity index (χ0v) is 15.7. The van der Waals surface area contributed by atoms with Gasteiger partial charge in [0.2, 0.25) is 0 Å². The molecule has 1 aromatic carbocycles. The van der Waals surface area contributed by atoms with Crippen molar-refractivity contribution in [1.82, 2.24) is 0 Å². The standard InChI is InChI=1S/C16H27BrOSi/c1-13(2)16(3,4)19(5,6)18-11-10-14-8-7-9-15(17)12-14/h7-9,12-13H,10-11H2,1-6H3. The van der Waals surface area contributed by atoms with E-state index in [1.807, 2.05) is 0 Å². The first-order valence-electron chi connectivity index (χ1n) is 7.05. The average molecular weight is 343 g/mol. The summed E-state index contributed by atoms with van der Waals surface area (Å²) in [5, 5.41) is 0.296. The Morgan fingerprint density at radius 3 is 2.42 bits per heavy atom. The largest absolute Gasteiger partial charge is 0.416 e. The van der Waals surface area contributed by atoms with Crippen molar-refractivity contribution in [2.45, 2.75) is 52.2 Å². The molecule has 108 valence electrons. The predicted molar refractivity (Wildman–Crippen MR) is 90.2 cm³/mol. The Hall–Kier alpha value is -0.123. The maximum Gasteiger partial charge on any atom is 0.192 e. The molecule has 0 aliphatic heterocycles. The van der Waals surface area contributed by atoms with Gasteiger partial charge >= 0.3 is 0 Å². The van der Waals surface area contributed by atoms with Crippen LogP contribution in [0.25, 0.3) is 0 Å². The van der Waals surface area contributed by atoms with E-state index in [4.69, 9.17) is 4.43 Å². The van der Waals surface area contributed by atoms with Crippen molar-refractivity contribution in [2.24, 2.45) is 5.92 Å². The highest BCUT2D eigenvalue weighted by Crippen LogP contribution is 2.44. The number of hydrogen-bond donors (Lipinski definition) is 0. The molecule has 1 rings (SSSR count). The lowest BCUT2D eigenvalue weighted by atomic mass is 9.99. The normalized spacial score (nSPS) is 13.1. The lowest BCUT2D eigenvalue weighted by molar-refractivity contribution is 0.270. The molecule has 0 amide bonds. The van der Waals surface area contributed by atoms with Crippen LogP contribution in [0.3, 0.4) is 0 Å². The molecule has 0 bridgehead atoms. The maximum atomic E-state index is 6.32. The van der Waals surface area contributed by atoms with E-state index in [-0.39, 0.29) is 0 Å². The second-order valence-electron chi connectivity index (χ2n) is 6.62. The number of benzene rings is 1. The topological polar surface area (TPSA) is 9.23 Å². The summed E-state index contributed by atoms with van der Waals surface area (Å²) in [5.41, 5.74) is 1.33. The second kappa shape index (κ2) is 6.55. The molecular weight excluding hydrogens is 316 g/mol. The first-order valence-corrected chi connectivity index (χ1v) is 10.8. The van der Waals surface area contributed by atoms with E-state index in [9.17, 15) is 0 Å². The fraction of sp³-hybridized carbons (Fsp3) is 0.625. The van der Waals surface area contributed by atoms with E-state index in [1.165, 1.54) is 5.56 Å². The van der Waals surface area contributed by atoms with Crippen LogP contribution in [0, 0.1) is 5.92 Å². The Kier molecular flexibility index (Phi) is 5.84. The molecule has 0 aliphatic carbocycles. The minimum atomic E-state index is -1.67. The first-order chi connectivity index (χ1) is 8.67. The first kappa shape index (κ1) is 16.9. The molecule has 0 atom stereocenters. The highest BCUT2D eigenvalue weighted by Gasteiger charge is 2.42. The van der Waals surface area contributed by atoms with Crippen molar-refractivity contribution in [3.05, 3.63) is 34.3 Å². The summed E-state index contributed by atoms with van der Waals surface area (Å²) in [6.07, 6.45) is 0.990. The van der Waals surface area contributed by atoms with Gasteiger partial charge < -0.3 is 4.43 Å². The van der Waals surface area contributed by atoms with E-state index >= 15 is 0 Å². The predicted octanol–water partition coefficient (Wildman–Crippen LogP) is 5.65. The van der Waals surface area contributed by atoms with E-state index < -0.39 is 8.32 Å². The minimum Gasteiger partial charge on any atom is -0.416 e. The third kappa shape index (κ3) is 4.43. The van der Waals surface area contributed by atoms with Crippen molar-refractivity contribution in [3.8, 4) is 0 Å². The summed E-state index contributed by atoms with van der Waals surface area (Å²) in [4.78, 5) is 0. The quantitative estimate of drug-likeness (QED) is 0.607. The average Bonchev–Trinajstić information content (AvgIpc) is 2.28. The van der Waals surface area contributed by atoms with Gasteiger partial charge in [0, 0.05) is 11.1 Å². The second-order valence-corrected chi connectivity index (χ2v) is 12.1. The fourth-order valence-corrected chi connectivity index (χ4v) is 4.82. The zero-order valence-electron chi connectivity index (χ0n) is 13.1. The van der Waals surface area contributed by atoms with Gasteiger partial charge in [-0.2, -0.15) is 0 Å². The van der Waals surface area contributed by atoms with Crippen LogP contribution in [0.2, 0.25) is 18.1 Å². The fourth-order valence-electron chi connectivity index (χ4n) is 2.00. The Balaban J connectivity index is 2.57. The van der Waals surface area contributed by atoms with Gasteiger partial charge in [-0.3, -0.25) is 0 Å².